The maximum atomic E-state index is 4.82. The molecule has 8 nitrogen and oxygen atoms in total. The van der Waals surface area contributed by atoms with Gasteiger partial charge in [0.1, 0.15) is 24.3 Å². The Morgan fingerprint density at radius 3 is 0.770 bits per heavy atom. The first-order chi connectivity index (χ1) is 47.7. The number of nitrogens with zero attached hydrogens (tertiary/aromatic N) is 8. The van der Waals surface area contributed by atoms with Gasteiger partial charge in [-0.15, -0.1) is 0 Å². The van der Waals surface area contributed by atoms with Gasteiger partial charge in [-0.25, -0.2) is 29.9 Å². The van der Waals surface area contributed by atoms with Gasteiger partial charge >= 0.3 is 0 Å². The van der Waals surface area contributed by atoms with Gasteiger partial charge in [0.15, 0.2) is 0 Å². The van der Waals surface area contributed by atoms with Gasteiger partial charge in [0.05, 0.1) is 44.5 Å². The van der Waals surface area contributed by atoms with E-state index in [1.54, 1.807) is 12.7 Å². The summed E-state index contributed by atoms with van der Waals surface area (Å²) in [6.07, 6.45) is 3.24. The van der Waals surface area contributed by atoms with E-state index in [4.69, 9.17) is 9.97 Å². The predicted octanol–water partition coefficient (Wildman–Crippen LogP) is 25.9. The number of rotatable bonds is 7. The molecule has 0 aliphatic carbocycles. The molecule has 0 amide bonds. The molecule has 0 aliphatic heterocycles. The van der Waals surface area contributed by atoms with E-state index in [0.717, 1.165) is 101 Å². The van der Waals surface area contributed by atoms with Crippen LogP contribution in [-0.4, -0.2) is 39.0 Å². The average molecular weight is 1320 g/mol. The number of benzene rings is 11. The standard InChI is InChI=1S/C20H14N2.2C19H14N2.C14H10N2.4C5H12/c1-2-6-15(7-3-1)16-10-12-17(13-11-16)20-18-8-4-5-9-19(18)21-14-22-20;2*1-3-9-15(10-4-1)19-20-17-13-7-8-14-18(17)21(19)16-11-5-2-6-12-16;1-2-6-11(7-3-1)14-12-8-4-5-9-13(12)15-10-16-14;4*1-5(2,3)4/h1-14H;2*1-14H;1-10H;4*1-4H3. The third-order valence-corrected chi connectivity index (χ3v) is 13.6. The number of fused-ring (bicyclic) bond motifs is 4. The van der Waals surface area contributed by atoms with Gasteiger partial charge in [0, 0.05) is 44.4 Å². The minimum atomic E-state index is 0.500. The predicted molar refractivity (Wildman–Crippen MR) is 429 cm³/mol. The highest BCUT2D eigenvalue weighted by atomic mass is 15.1. The third kappa shape index (κ3) is 24.2. The molecule has 0 bridgehead atoms. The smallest absolute Gasteiger partial charge is 0.145 e. The van der Waals surface area contributed by atoms with Crippen molar-refractivity contribution >= 4 is 43.9 Å². The molecule has 11 aromatic carbocycles. The first-order valence-corrected chi connectivity index (χ1v) is 34.5. The molecule has 0 atom stereocenters. The number of imidazole rings is 2. The summed E-state index contributed by atoms with van der Waals surface area (Å²) in [6, 6.07) is 103. The van der Waals surface area contributed by atoms with Crippen molar-refractivity contribution in [1.29, 1.82) is 0 Å². The summed E-state index contributed by atoms with van der Waals surface area (Å²) in [7, 11) is 0. The van der Waals surface area contributed by atoms with Crippen LogP contribution in [0.15, 0.2) is 316 Å². The summed E-state index contributed by atoms with van der Waals surface area (Å²) in [5.41, 5.74) is 19.4. The molecule has 0 radical (unpaired) electrons. The molecule has 0 aliphatic rings. The highest BCUT2D eigenvalue weighted by Crippen LogP contribution is 2.32. The molecule has 508 valence electrons. The molecule has 0 unspecified atom stereocenters. The minimum absolute atomic E-state index is 0.500. The number of para-hydroxylation sites is 8. The van der Waals surface area contributed by atoms with E-state index < -0.39 is 0 Å². The molecule has 0 saturated carbocycles. The van der Waals surface area contributed by atoms with Crippen LogP contribution in [0.25, 0.3) is 112 Å². The van der Waals surface area contributed by atoms with E-state index in [2.05, 4.69) is 322 Å². The molecule has 100 heavy (non-hydrogen) atoms. The topological polar surface area (TPSA) is 87.2 Å². The third-order valence-electron chi connectivity index (χ3n) is 13.6. The Bertz CT molecular complexity index is 4630. The zero-order chi connectivity index (χ0) is 71.7. The van der Waals surface area contributed by atoms with Crippen LogP contribution in [0, 0.1) is 21.7 Å². The second-order valence-corrected chi connectivity index (χ2v) is 30.7. The Labute approximate surface area is 595 Å². The Kier molecular flexibility index (Phi) is 26.6. The van der Waals surface area contributed by atoms with Gasteiger partial charge in [-0.2, -0.15) is 0 Å². The fourth-order valence-electron chi connectivity index (χ4n) is 9.81. The first kappa shape index (κ1) is 74.8. The Morgan fingerprint density at radius 1 is 0.210 bits per heavy atom. The van der Waals surface area contributed by atoms with E-state index in [0.29, 0.717) is 21.7 Å². The quantitative estimate of drug-likeness (QED) is 0.158. The molecule has 15 rings (SSSR count). The average Bonchev–Trinajstić information content (AvgIpc) is 1.58. The summed E-state index contributed by atoms with van der Waals surface area (Å²) in [5, 5.41) is 2.17. The Hall–Kier alpha value is -11.0. The summed E-state index contributed by atoms with van der Waals surface area (Å²) in [5.74, 6) is 1.95. The van der Waals surface area contributed by atoms with Gasteiger partial charge in [-0.1, -0.05) is 353 Å². The summed E-state index contributed by atoms with van der Waals surface area (Å²) >= 11 is 0. The van der Waals surface area contributed by atoms with Gasteiger partial charge in [-0.05, 0) is 93.5 Å². The molecule has 0 spiro atoms. The van der Waals surface area contributed by atoms with Gasteiger partial charge in [-0.3, -0.25) is 9.13 Å². The number of hydrogen-bond acceptors (Lipinski definition) is 6. The van der Waals surface area contributed by atoms with E-state index >= 15 is 0 Å². The van der Waals surface area contributed by atoms with Crippen LogP contribution in [0.2, 0.25) is 0 Å². The van der Waals surface area contributed by atoms with Crippen LogP contribution in [-0.2, 0) is 0 Å². The van der Waals surface area contributed by atoms with E-state index in [1.165, 1.54) is 11.1 Å². The minimum Gasteiger partial charge on any atom is -0.292 e. The highest BCUT2D eigenvalue weighted by Gasteiger charge is 2.16. The first-order valence-electron chi connectivity index (χ1n) is 34.5. The summed E-state index contributed by atoms with van der Waals surface area (Å²) in [4.78, 5) is 27.1. The summed E-state index contributed by atoms with van der Waals surface area (Å²) < 4.78 is 4.43. The van der Waals surface area contributed by atoms with Crippen molar-refractivity contribution in [1.82, 2.24) is 39.0 Å². The molecule has 4 heterocycles. The number of aromatic nitrogens is 8. The van der Waals surface area contributed by atoms with Crippen molar-refractivity contribution in [3.05, 3.63) is 316 Å². The van der Waals surface area contributed by atoms with Crippen LogP contribution in [0.1, 0.15) is 111 Å². The van der Waals surface area contributed by atoms with E-state index in [9.17, 15) is 0 Å². The monoisotopic (exact) mass is 1320 g/mol. The lowest BCUT2D eigenvalue weighted by Crippen LogP contribution is -1.96. The molecular weight excluding hydrogens is 1220 g/mol. The molecule has 4 aromatic heterocycles. The fraction of sp³-hybridized carbons (Fsp3) is 0.217. The van der Waals surface area contributed by atoms with Gasteiger partial charge in [0.25, 0.3) is 0 Å². The lowest BCUT2D eigenvalue weighted by molar-refractivity contribution is 0.469. The van der Waals surface area contributed by atoms with Crippen molar-refractivity contribution < 1.29 is 0 Å². The zero-order valence-corrected chi connectivity index (χ0v) is 61.6. The maximum Gasteiger partial charge on any atom is 0.145 e. The highest BCUT2D eigenvalue weighted by molar-refractivity contribution is 5.93. The fourth-order valence-corrected chi connectivity index (χ4v) is 9.81. The lowest BCUT2D eigenvalue weighted by atomic mass is 10.0. The molecular formula is C92H100N8. The second-order valence-electron chi connectivity index (χ2n) is 30.7. The van der Waals surface area contributed by atoms with Crippen LogP contribution in [0.4, 0.5) is 0 Å². The SMILES string of the molecule is CC(C)(C)C.CC(C)(C)C.CC(C)(C)C.CC(C)(C)C.c1ccc(-c2ccc(-c3ncnc4ccccc34)cc2)cc1.c1ccc(-c2nc3ccccc3n2-c2ccccc2)cc1.c1ccc(-c2nc3ccccc3n2-c2ccccc2)cc1.c1ccc(-c2ncnc3ccccc23)cc1. The van der Waals surface area contributed by atoms with Crippen LogP contribution < -0.4 is 0 Å². The Morgan fingerprint density at radius 2 is 0.440 bits per heavy atom. The van der Waals surface area contributed by atoms with Crippen LogP contribution in [0.5, 0.6) is 0 Å². The lowest BCUT2D eigenvalue weighted by Gasteiger charge is -2.09. The van der Waals surface area contributed by atoms with E-state index in [-0.39, 0.29) is 0 Å². The number of hydrogen-bond donors (Lipinski definition) is 0. The van der Waals surface area contributed by atoms with Crippen molar-refractivity contribution in [2.75, 3.05) is 0 Å². The van der Waals surface area contributed by atoms with Crippen LogP contribution >= 0.6 is 0 Å². The molecule has 0 N–H and O–H groups in total. The Balaban J connectivity index is 0.000000156. The van der Waals surface area contributed by atoms with Crippen LogP contribution in [0.3, 0.4) is 0 Å². The molecule has 8 heteroatoms. The largest absolute Gasteiger partial charge is 0.292 e. The molecule has 0 fully saturated rings. The zero-order valence-electron chi connectivity index (χ0n) is 61.6. The van der Waals surface area contributed by atoms with Crippen molar-refractivity contribution in [2.24, 2.45) is 21.7 Å². The van der Waals surface area contributed by atoms with Gasteiger partial charge in [0.2, 0.25) is 0 Å². The van der Waals surface area contributed by atoms with Crippen molar-refractivity contribution in [2.45, 2.75) is 111 Å². The molecule has 15 aromatic rings. The molecule has 0 saturated heterocycles. The maximum absolute atomic E-state index is 4.82. The second kappa shape index (κ2) is 35.5. The van der Waals surface area contributed by atoms with E-state index in [1.807, 2.05) is 121 Å². The normalized spacial score (nSPS) is 11.0. The van der Waals surface area contributed by atoms with Gasteiger partial charge < -0.3 is 0 Å². The summed E-state index contributed by atoms with van der Waals surface area (Å²) in [6.45, 7) is 35.0. The van der Waals surface area contributed by atoms with Crippen molar-refractivity contribution in [3.63, 3.8) is 0 Å². The van der Waals surface area contributed by atoms with Crippen molar-refractivity contribution in [3.8, 4) is 67.8 Å².